The lowest BCUT2D eigenvalue weighted by Crippen LogP contribution is -2.31. The first kappa shape index (κ1) is 23.4. The van der Waals surface area contributed by atoms with Crippen molar-refractivity contribution in [2.45, 2.75) is 76.0 Å². The minimum atomic E-state index is -0.490. The lowest BCUT2D eigenvalue weighted by atomic mass is 10.1. The van der Waals surface area contributed by atoms with Crippen LogP contribution in [0.4, 0.5) is 10.1 Å². The van der Waals surface area contributed by atoms with Crippen molar-refractivity contribution < 1.29 is 18.2 Å². The second kappa shape index (κ2) is 10.5. The van der Waals surface area contributed by atoms with E-state index < -0.39 is 5.83 Å². The molecule has 0 aliphatic heterocycles. The van der Waals surface area contributed by atoms with E-state index in [1.807, 2.05) is 24.3 Å². The van der Waals surface area contributed by atoms with E-state index in [9.17, 15) is 9.18 Å². The molecule has 184 valence electrons. The van der Waals surface area contributed by atoms with Crippen LogP contribution in [0.2, 0.25) is 0 Å². The van der Waals surface area contributed by atoms with E-state index in [1.54, 1.807) is 4.90 Å². The van der Waals surface area contributed by atoms with Crippen molar-refractivity contribution in [2.24, 2.45) is 0 Å². The van der Waals surface area contributed by atoms with Gasteiger partial charge < -0.3 is 13.9 Å². The van der Waals surface area contributed by atoms with E-state index in [1.165, 1.54) is 0 Å². The fraction of sp³-hybridized carbons (Fsp3) is 0.500. The molecule has 0 saturated heterocycles. The number of rotatable bonds is 13. The molecule has 0 N–H and O–H groups in total. The Labute approximate surface area is 203 Å². The Balaban J connectivity index is 1.21. The topological polar surface area (TPSA) is 98.2 Å². The van der Waals surface area contributed by atoms with Crippen molar-refractivity contribution in [3.8, 4) is 11.5 Å². The highest BCUT2D eigenvalue weighted by molar-refractivity contribution is 5.94. The molecule has 35 heavy (non-hydrogen) atoms. The molecule has 1 amide bonds. The Kier molecular flexibility index (Phi) is 7.01. The first-order valence-electron chi connectivity index (χ1n) is 12.5. The molecular formula is C26H30FN5O3. The summed E-state index contributed by atoms with van der Waals surface area (Å²) in [5.41, 5.74) is 1.49. The quantitative estimate of drug-likeness (QED) is 0.282. The normalized spacial score (nSPS) is 15.3. The largest absolute Gasteiger partial charge is 0.339 e. The number of aromatic nitrogens is 4. The Bertz CT molecular complexity index is 1180. The van der Waals surface area contributed by atoms with Gasteiger partial charge >= 0.3 is 0 Å². The molecule has 2 aliphatic rings. The number of carbonyl (C=O) groups excluding carboxylic acids is 1. The number of unbranched alkanes of at least 4 members (excludes halogenated alkanes) is 2. The molecule has 3 aromatic rings. The van der Waals surface area contributed by atoms with Gasteiger partial charge in [0.2, 0.25) is 11.8 Å². The molecule has 9 heteroatoms. The summed E-state index contributed by atoms with van der Waals surface area (Å²) in [6.45, 7) is 3.81. The van der Waals surface area contributed by atoms with Gasteiger partial charge in [0.05, 0.1) is 5.83 Å². The van der Waals surface area contributed by atoms with Crippen LogP contribution in [0.1, 0.15) is 87.2 Å². The van der Waals surface area contributed by atoms with Crippen LogP contribution in [-0.2, 0) is 11.2 Å². The number of hydrogen-bond donors (Lipinski definition) is 0. The Morgan fingerprint density at radius 2 is 1.86 bits per heavy atom. The Hall–Kier alpha value is -3.36. The number of halogens is 1. The lowest BCUT2D eigenvalue weighted by molar-refractivity contribution is -0.118. The van der Waals surface area contributed by atoms with Gasteiger partial charge in [-0.1, -0.05) is 29.4 Å². The summed E-state index contributed by atoms with van der Waals surface area (Å²) >= 11 is 0. The number of nitrogens with zero attached hydrogens (tertiary/aromatic N) is 5. The van der Waals surface area contributed by atoms with Crippen LogP contribution < -0.4 is 4.90 Å². The van der Waals surface area contributed by atoms with Gasteiger partial charge in [0, 0.05) is 48.9 Å². The van der Waals surface area contributed by atoms with Crippen molar-refractivity contribution >= 4 is 11.6 Å². The van der Waals surface area contributed by atoms with Crippen LogP contribution >= 0.6 is 0 Å². The molecule has 2 heterocycles. The first-order valence-corrected chi connectivity index (χ1v) is 12.5. The number of aryl methyl sites for hydroxylation is 1. The van der Waals surface area contributed by atoms with Gasteiger partial charge in [-0.05, 0) is 56.7 Å². The summed E-state index contributed by atoms with van der Waals surface area (Å²) in [6, 6.07) is 7.52. The average Bonchev–Trinajstić information content (AvgIpc) is 3.80. The number of carbonyl (C=O) groups is 1. The second-order valence-electron chi connectivity index (χ2n) is 9.48. The van der Waals surface area contributed by atoms with Crippen LogP contribution in [0.15, 0.2) is 45.7 Å². The van der Waals surface area contributed by atoms with Crippen LogP contribution in [0.5, 0.6) is 0 Å². The van der Waals surface area contributed by atoms with E-state index in [0.29, 0.717) is 24.3 Å². The van der Waals surface area contributed by atoms with Gasteiger partial charge in [0.15, 0.2) is 11.6 Å². The van der Waals surface area contributed by atoms with Crippen molar-refractivity contribution in [1.29, 1.82) is 0 Å². The Morgan fingerprint density at radius 3 is 2.63 bits per heavy atom. The molecule has 0 spiro atoms. The molecule has 0 unspecified atom stereocenters. The summed E-state index contributed by atoms with van der Waals surface area (Å²) in [6.07, 6.45) is 7.90. The number of amides is 1. The maximum Gasteiger partial charge on any atom is 0.258 e. The predicted octanol–water partition coefficient (Wildman–Crippen LogP) is 5.88. The highest BCUT2D eigenvalue weighted by atomic mass is 19.1. The summed E-state index contributed by atoms with van der Waals surface area (Å²) in [4.78, 5) is 23.7. The molecule has 5 rings (SSSR count). The number of allylic oxidation sites excluding steroid dienone is 1. The Morgan fingerprint density at radius 1 is 1.03 bits per heavy atom. The van der Waals surface area contributed by atoms with Gasteiger partial charge in [0.25, 0.3) is 5.89 Å². The molecule has 0 bridgehead atoms. The van der Waals surface area contributed by atoms with E-state index in [4.69, 9.17) is 9.05 Å². The molecule has 2 saturated carbocycles. The van der Waals surface area contributed by atoms with Crippen LogP contribution in [0.25, 0.3) is 11.5 Å². The maximum atomic E-state index is 13.2. The van der Waals surface area contributed by atoms with E-state index in [-0.39, 0.29) is 18.7 Å². The third-order valence-electron chi connectivity index (χ3n) is 6.39. The zero-order valence-corrected chi connectivity index (χ0v) is 19.8. The molecule has 8 nitrogen and oxygen atoms in total. The van der Waals surface area contributed by atoms with Crippen LogP contribution in [0, 0.1) is 0 Å². The third-order valence-corrected chi connectivity index (χ3v) is 6.39. The summed E-state index contributed by atoms with van der Waals surface area (Å²) < 4.78 is 24.0. The first-order chi connectivity index (χ1) is 17.1. The van der Waals surface area contributed by atoms with Gasteiger partial charge in [-0.2, -0.15) is 9.97 Å². The van der Waals surface area contributed by atoms with E-state index in [0.717, 1.165) is 80.2 Å². The van der Waals surface area contributed by atoms with Gasteiger partial charge in [0.1, 0.15) is 0 Å². The lowest BCUT2D eigenvalue weighted by Gasteiger charge is -2.23. The van der Waals surface area contributed by atoms with Gasteiger partial charge in [-0.15, -0.1) is 0 Å². The predicted molar refractivity (Wildman–Crippen MR) is 127 cm³/mol. The second-order valence-corrected chi connectivity index (χ2v) is 9.48. The van der Waals surface area contributed by atoms with Gasteiger partial charge in [-0.3, -0.25) is 4.79 Å². The highest BCUT2D eigenvalue weighted by Crippen LogP contribution is 2.39. The minimum Gasteiger partial charge on any atom is -0.339 e. The van der Waals surface area contributed by atoms with Crippen molar-refractivity contribution in [1.82, 2.24) is 20.3 Å². The van der Waals surface area contributed by atoms with Crippen LogP contribution in [-0.4, -0.2) is 32.7 Å². The maximum absolute atomic E-state index is 13.2. The average molecular weight is 480 g/mol. The highest BCUT2D eigenvalue weighted by Gasteiger charge is 2.30. The third kappa shape index (κ3) is 6.21. The van der Waals surface area contributed by atoms with Gasteiger partial charge in [-0.25, -0.2) is 4.39 Å². The standard InChI is InChI=1S/C26H30FN5O3/c1-17(27)9-14-23(33)32(15-4-2-3-8-22-28-25(34-30-22)19-12-13-19)21-7-5-6-20(16-21)26-29-24(31-35-26)18-10-11-18/h5-7,16,18-19H,1-4,8-15H2. The summed E-state index contributed by atoms with van der Waals surface area (Å²) in [5, 5.41) is 8.16. The SMILES string of the molecule is C=C(F)CCC(=O)N(CCCCCc1noc(C2CC2)n1)c1cccc(-c2nc(C3CC3)no2)c1. The summed E-state index contributed by atoms with van der Waals surface area (Å²) in [5.74, 6) is 2.92. The molecule has 0 radical (unpaired) electrons. The molecule has 2 aliphatic carbocycles. The fourth-order valence-corrected chi connectivity index (χ4v) is 4.04. The monoisotopic (exact) mass is 479 g/mol. The zero-order chi connectivity index (χ0) is 24.2. The zero-order valence-electron chi connectivity index (χ0n) is 19.8. The molecular weight excluding hydrogens is 449 g/mol. The van der Waals surface area contributed by atoms with E-state index in [2.05, 4.69) is 26.9 Å². The molecule has 2 aromatic heterocycles. The van der Waals surface area contributed by atoms with Crippen molar-refractivity contribution in [3.05, 3.63) is 54.2 Å². The number of hydrogen-bond acceptors (Lipinski definition) is 7. The minimum absolute atomic E-state index is 0.0184. The van der Waals surface area contributed by atoms with Crippen LogP contribution in [0.3, 0.4) is 0 Å². The fourth-order valence-electron chi connectivity index (χ4n) is 4.04. The van der Waals surface area contributed by atoms with Crippen molar-refractivity contribution in [2.75, 3.05) is 11.4 Å². The van der Waals surface area contributed by atoms with E-state index >= 15 is 0 Å². The molecule has 0 atom stereocenters. The van der Waals surface area contributed by atoms with Crippen molar-refractivity contribution in [3.63, 3.8) is 0 Å². The molecule has 1 aromatic carbocycles. The molecule has 2 fully saturated rings. The summed E-state index contributed by atoms with van der Waals surface area (Å²) in [7, 11) is 0. The number of benzene rings is 1. The number of anilines is 1. The smallest absolute Gasteiger partial charge is 0.258 e.